The number of halogens is 1. The largest absolute Gasteiger partial charge is 0.374 e. The Balaban J connectivity index is 1.50. The van der Waals surface area contributed by atoms with Gasteiger partial charge in [0.1, 0.15) is 23.0 Å². The number of hydrogen-bond donors (Lipinski definition) is 1. The zero-order valence-corrected chi connectivity index (χ0v) is 22.5. The summed E-state index contributed by atoms with van der Waals surface area (Å²) in [5, 5.41) is 37.7. The summed E-state index contributed by atoms with van der Waals surface area (Å²) in [4.78, 5) is 13.0. The number of fused-ring (bicyclic) bond motifs is 1. The van der Waals surface area contributed by atoms with Gasteiger partial charge in [0.25, 0.3) is 0 Å². The van der Waals surface area contributed by atoms with E-state index >= 15 is 0 Å². The lowest BCUT2D eigenvalue weighted by Crippen LogP contribution is -2.31. The Morgan fingerprint density at radius 1 is 1.00 bits per heavy atom. The van der Waals surface area contributed by atoms with E-state index in [-0.39, 0.29) is 5.69 Å². The Morgan fingerprint density at radius 2 is 1.80 bits per heavy atom. The van der Waals surface area contributed by atoms with Gasteiger partial charge in [0.2, 0.25) is 0 Å². The van der Waals surface area contributed by atoms with Crippen molar-refractivity contribution in [2.24, 2.45) is 7.05 Å². The summed E-state index contributed by atoms with van der Waals surface area (Å²) in [7, 11) is 1.79. The van der Waals surface area contributed by atoms with E-state index in [9.17, 15) is 15.6 Å². The molecule has 4 aromatic heterocycles. The molecule has 6 aromatic rings. The highest BCUT2D eigenvalue weighted by molar-refractivity contribution is 6.29. The molecule has 4 heterocycles. The molecule has 1 N–H and O–H groups in total. The van der Waals surface area contributed by atoms with Gasteiger partial charge >= 0.3 is 0 Å². The molecule has 41 heavy (non-hydrogen) atoms. The third-order valence-corrected chi connectivity index (χ3v) is 7.36. The second-order valence-electron chi connectivity index (χ2n) is 9.53. The third kappa shape index (κ3) is 4.50. The predicted octanol–water partition coefficient (Wildman–Crippen LogP) is 4.82. The molecule has 0 spiro atoms. The Labute approximate surface area is 240 Å². The number of hydrogen-bond acceptors (Lipinski definition) is 7. The van der Waals surface area contributed by atoms with Crippen LogP contribution in [0.25, 0.3) is 16.6 Å². The van der Waals surface area contributed by atoms with Crippen LogP contribution in [-0.2, 0) is 19.1 Å². The predicted molar refractivity (Wildman–Crippen MR) is 152 cm³/mol. The average Bonchev–Trinajstić information content (AvgIpc) is 3.69. The smallest absolute Gasteiger partial charge is 0.158 e. The molecule has 198 valence electrons. The van der Waals surface area contributed by atoms with Crippen molar-refractivity contribution in [1.82, 2.24) is 29.3 Å². The van der Waals surface area contributed by atoms with Gasteiger partial charge in [-0.1, -0.05) is 35.9 Å². The third-order valence-electron chi connectivity index (χ3n) is 7.14. The molecule has 0 saturated carbocycles. The monoisotopic (exact) mass is 556 g/mol. The highest BCUT2D eigenvalue weighted by Crippen LogP contribution is 2.38. The molecular weight excluding hydrogens is 536 g/mol. The number of aliphatic hydroxyl groups is 1. The Bertz CT molecular complexity index is 1970. The molecule has 2 aromatic carbocycles. The first kappa shape index (κ1) is 25.9. The minimum absolute atomic E-state index is 0.182. The highest BCUT2D eigenvalue weighted by atomic mass is 35.5. The van der Waals surface area contributed by atoms with E-state index < -0.39 is 5.60 Å². The fourth-order valence-corrected chi connectivity index (χ4v) is 5.18. The summed E-state index contributed by atoms with van der Waals surface area (Å²) in [5.74, 6) is 0. The molecule has 0 radical (unpaired) electrons. The molecule has 6 rings (SSSR count). The molecular formula is C31H21ClN8O. The maximum atomic E-state index is 12.3. The minimum atomic E-state index is -1.67. The summed E-state index contributed by atoms with van der Waals surface area (Å²) in [6.07, 6.45) is 8.58. The van der Waals surface area contributed by atoms with Gasteiger partial charge in [0, 0.05) is 48.6 Å². The Hall–Kier alpha value is -5.35. The minimum Gasteiger partial charge on any atom is -0.374 e. The SMILES string of the molecule is Cn1cncc1C(O)(c1ccc(Cl)nc1)c1ccc2nc(C#N)c(Cc3ccc(-n4cccn4)cc3)c(C#N)c2c1. The highest BCUT2D eigenvalue weighted by Gasteiger charge is 2.37. The fraction of sp³-hybridized carbons (Fsp3) is 0.0968. The number of benzene rings is 2. The fourth-order valence-electron chi connectivity index (χ4n) is 5.07. The van der Waals surface area contributed by atoms with Crippen LogP contribution in [0, 0.1) is 22.7 Å². The van der Waals surface area contributed by atoms with Crippen molar-refractivity contribution in [3.63, 3.8) is 0 Å². The van der Waals surface area contributed by atoms with E-state index in [4.69, 9.17) is 11.6 Å². The van der Waals surface area contributed by atoms with Crippen molar-refractivity contribution >= 4 is 22.5 Å². The normalized spacial score (nSPS) is 12.5. The van der Waals surface area contributed by atoms with E-state index in [0.717, 1.165) is 11.3 Å². The van der Waals surface area contributed by atoms with Crippen molar-refractivity contribution < 1.29 is 5.11 Å². The molecule has 9 nitrogen and oxygen atoms in total. The van der Waals surface area contributed by atoms with Crippen molar-refractivity contribution in [2.45, 2.75) is 12.0 Å². The number of imidazole rings is 1. The molecule has 0 fully saturated rings. The van der Waals surface area contributed by atoms with Crippen LogP contribution in [0.3, 0.4) is 0 Å². The van der Waals surface area contributed by atoms with Crippen LogP contribution in [0.2, 0.25) is 5.15 Å². The molecule has 0 aliphatic rings. The molecule has 0 aliphatic heterocycles. The zero-order valence-electron chi connectivity index (χ0n) is 21.8. The van der Waals surface area contributed by atoms with Crippen LogP contribution in [0.1, 0.15) is 39.2 Å². The number of pyridine rings is 2. The maximum Gasteiger partial charge on any atom is 0.158 e. The first-order valence-electron chi connectivity index (χ1n) is 12.6. The van der Waals surface area contributed by atoms with Gasteiger partial charge in [-0.2, -0.15) is 15.6 Å². The van der Waals surface area contributed by atoms with Crippen LogP contribution in [-0.4, -0.2) is 34.4 Å². The number of rotatable bonds is 6. The summed E-state index contributed by atoms with van der Waals surface area (Å²) in [6, 6.07) is 22.5. The lowest BCUT2D eigenvalue weighted by molar-refractivity contribution is 0.117. The van der Waals surface area contributed by atoms with Crippen LogP contribution < -0.4 is 0 Å². The number of aromatic nitrogens is 6. The first-order valence-corrected chi connectivity index (χ1v) is 13.0. The Kier molecular flexibility index (Phi) is 6.52. The van der Waals surface area contributed by atoms with Crippen molar-refractivity contribution in [1.29, 1.82) is 10.5 Å². The molecule has 0 bridgehead atoms. The van der Waals surface area contributed by atoms with Crippen LogP contribution in [0.15, 0.2) is 91.8 Å². The molecule has 0 aliphatic carbocycles. The standard InChI is InChI=1S/C31H21ClN8O/c1-39-19-35-18-29(39)31(41,22-6-10-30(32)36-17-22)21-5-9-27-25(14-21)26(15-33)24(28(16-34)38-27)13-20-3-7-23(8-4-20)40-12-2-11-37-40/h2-12,14,17-19,41H,13H2,1H3. The maximum absolute atomic E-state index is 12.3. The van der Waals surface area contributed by atoms with Crippen molar-refractivity contribution in [3.05, 3.63) is 136 Å². The van der Waals surface area contributed by atoms with E-state index in [2.05, 4.69) is 32.2 Å². The number of nitriles is 2. The molecule has 1 unspecified atom stereocenters. The van der Waals surface area contributed by atoms with Gasteiger partial charge in [-0.3, -0.25) is 0 Å². The molecule has 0 amide bonds. The zero-order chi connectivity index (χ0) is 28.6. The summed E-state index contributed by atoms with van der Waals surface area (Å²) in [5.41, 5.74) is 3.09. The summed E-state index contributed by atoms with van der Waals surface area (Å²) >= 11 is 6.04. The Morgan fingerprint density at radius 3 is 2.44 bits per heavy atom. The lowest BCUT2D eigenvalue weighted by Gasteiger charge is -2.29. The molecule has 1 atom stereocenters. The van der Waals surface area contributed by atoms with Crippen molar-refractivity contribution in [3.8, 4) is 17.8 Å². The van der Waals surface area contributed by atoms with Gasteiger partial charge in [-0.15, -0.1) is 0 Å². The molecule has 0 saturated heterocycles. The topological polar surface area (TPSA) is 129 Å². The van der Waals surface area contributed by atoms with E-state index in [1.807, 2.05) is 36.5 Å². The van der Waals surface area contributed by atoms with E-state index in [1.165, 1.54) is 6.20 Å². The van der Waals surface area contributed by atoms with Crippen LogP contribution in [0.5, 0.6) is 0 Å². The number of nitrogens with zero attached hydrogens (tertiary/aromatic N) is 8. The first-order chi connectivity index (χ1) is 19.9. The van der Waals surface area contributed by atoms with E-state index in [1.54, 1.807) is 65.3 Å². The van der Waals surface area contributed by atoms with Crippen LogP contribution >= 0.6 is 11.6 Å². The number of aryl methyl sites for hydroxylation is 1. The second-order valence-corrected chi connectivity index (χ2v) is 9.92. The lowest BCUT2D eigenvalue weighted by atomic mass is 9.83. The summed E-state index contributed by atoms with van der Waals surface area (Å²) in [6.45, 7) is 0. The van der Waals surface area contributed by atoms with Gasteiger partial charge in [0.15, 0.2) is 5.60 Å². The van der Waals surface area contributed by atoms with E-state index in [0.29, 0.717) is 50.4 Å². The average molecular weight is 557 g/mol. The molecule has 10 heteroatoms. The second kappa shape index (κ2) is 10.3. The van der Waals surface area contributed by atoms with Gasteiger partial charge in [-0.05, 0) is 47.5 Å². The quantitative estimate of drug-likeness (QED) is 0.291. The summed E-state index contributed by atoms with van der Waals surface area (Å²) < 4.78 is 3.48. The van der Waals surface area contributed by atoms with Crippen molar-refractivity contribution in [2.75, 3.05) is 0 Å². The van der Waals surface area contributed by atoms with Gasteiger partial charge in [-0.25, -0.2) is 19.6 Å². The van der Waals surface area contributed by atoms with Gasteiger partial charge in [0.05, 0.1) is 35.0 Å². The van der Waals surface area contributed by atoms with Gasteiger partial charge < -0.3 is 9.67 Å². The van der Waals surface area contributed by atoms with Crippen LogP contribution in [0.4, 0.5) is 0 Å².